The maximum absolute atomic E-state index is 11.1. The van der Waals surface area contributed by atoms with Crippen LogP contribution in [0.25, 0.3) is 21.3 Å². The third-order valence-corrected chi connectivity index (χ3v) is 3.37. The van der Waals surface area contributed by atoms with Crippen molar-refractivity contribution in [2.75, 3.05) is 13.7 Å². The molecule has 8 nitrogen and oxygen atoms in total. The van der Waals surface area contributed by atoms with Crippen molar-refractivity contribution in [1.82, 2.24) is 4.57 Å². The molecule has 0 aliphatic carbocycles. The van der Waals surface area contributed by atoms with Gasteiger partial charge in [0.15, 0.2) is 6.10 Å². The van der Waals surface area contributed by atoms with Gasteiger partial charge in [-0.15, -0.1) is 0 Å². The van der Waals surface area contributed by atoms with Gasteiger partial charge in [-0.05, 0) is 30.2 Å². The van der Waals surface area contributed by atoms with Crippen LogP contribution in [0.3, 0.4) is 0 Å². The van der Waals surface area contributed by atoms with Crippen LogP contribution in [0.4, 0.5) is 0 Å². The highest BCUT2D eigenvalue weighted by atomic mass is 16.5. The molecule has 0 aliphatic rings. The molecule has 0 spiro atoms. The lowest BCUT2D eigenvalue weighted by molar-refractivity contribution is -0.146. The monoisotopic (exact) mass is 304 g/mol. The lowest BCUT2D eigenvalue weighted by Gasteiger charge is -2.05. The first kappa shape index (κ1) is 15.7. The summed E-state index contributed by atoms with van der Waals surface area (Å²) >= 11 is 0. The van der Waals surface area contributed by atoms with E-state index in [4.69, 9.17) is 15.4 Å². The van der Waals surface area contributed by atoms with Crippen LogP contribution >= 0.6 is 0 Å². The van der Waals surface area contributed by atoms with Crippen LogP contribution in [-0.4, -0.2) is 34.4 Å². The molecule has 0 bridgehead atoms. The van der Waals surface area contributed by atoms with Crippen molar-refractivity contribution in [2.45, 2.75) is 19.1 Å². The molecule has 0 radical (unpaired) electrons. The molecule has 8 heteroatoms. The smallest absolute Gasteiger partial charge is 0.337 e. The van der Waals surface area contributed by atoms with Gasteiger partial charge in [0, 0.05) is 40.7 Å². The first-order valence-electron chi connectivity index (χ1n) is 6.67. The van der Waals surface area contributed by atoms with Crippen LogP contribution in [0.2, 0.25) is 0 Å². The van der Waals surface area contributed by atoms with Crippen LogP contribution in [-0.2, 0) is 11.3 Å². The van der Waals surface area contributed by atoms with Gasteiger partial charge in [-0.25, -0.2) is 4.79 Å². The first-order chi connectivity index (χ1) is 10.6. The number of rotatable bonds is 7. The summed E-state index contributed by atoms with van der Waals surface area (Å²) in [5, 5.41) is 23.0. The number of hydrogen-bond acceptors (Lipinski definition) is 4. The molecule has 0 saturated heterocycles. The number of carbonyl (C=O) groups is 1. The van der Waals surface area contributed by atoms with Crippen molar-refractivity contribution in [3.05, 3.63) is 40.4 Å². The van der Waals surface area contributed by atoms with E-state index in [1.165, 1.54) is 7.11 Å². The third-order valence-electron chi connectivity index (χ3n) is 3.37. The molecule has 116 valence electrons. The predicted molar refractivity (Wildman–Crippen MR) is 79.7 cm³/mol. The van der Waals surface area contributed by atoms with Crippen molar-refractivity contribution in [1.29, 1.82) is 0 Å². The zero-order valence-electron chi connectivity index (χ0n) is 12.0. The van der Waals surface area contributed by atoms with Crippen LogP contribution in [0.1, 0.15) is 18.1 Å². The number of fused-ring (bicyclic) bond motifs is 1. The number of ether oxygens (including phenoxy) is 1. The molecule has 2 aromatic rings. The maximum Gasteiger partial charge on any atom is 0.337 e. The molecular formula is C14H16N4O4. The van der Waals surface area contributed by atoms with Crippen molar-refractivity contribution in [3.63, 3.8) is 0 Å². The number of aliphatic carboxylic acids is 1. The predicted octanol–water partition coefficient (Wildman–Crippen LogP) is 2.47. The van der Waals surface area contributed by atoms with Crippen molar-refractivity contribution in [2.24, 2.45) is 5.11 Å². The Hall–Kier alpha value is -2.70. The Balaban J connectivity index is 2.44. The van der Waals surface area contributed by atoms with Gasteiger partial charge in [-0.3, -0.25) is 0 Å². The average Bonchev–Trinajstić information content (AvgIpc) is 2.88. The summed E-state index contributed by atoms with van der Waals surface area (Å²) in [6.45, 7) is 0.900. The molecule has 2 N–H and O–H groups in total. The molecule has 0 fully saturated rings. The van der Waals surface area contributed by atoms with E-state index >= 15 is 0 Å². The normalized spacial score (nSPS) is 11.9. The summed E-state index contributed by atoms with van der Waals surface area (Å²) < 4.78 is 6.98. The fraction of sp³-hybridized carbons (Fsp3) is 0.357. The summed E-state index contributed by atoms with van der Waals surface area (Å²) in [6, 6.07) is 5.27. The van der Waals surface area contributed by atoms with Crippen LogP contribution < -0.4 is 4.74 Å². The third kappa shape index (κ3) is 3.13. The number of aromatic nitrogens is 1. The van der Waals surface area contributed by atoms with E-state index in [0.29, 0.717) is 36.2 Å². The quantitative estimate of drug-likeness (QED) is 0.353. The number of methoxy groups -OCH3 is 1. The molecule has 1 atom stereocenters. The van der Waals surface area contributed by atoms with Crippen LogP contribution in [0.15, 0.2) is 29.5 Å². The van der Waals surface area contributed by atoms with Crippen molar-refractivity contribution in [3.8, 4) is 5.75 Å². The van der Waals surface area contributed by atoms with Crippen LogP contribution in [0.5, 0.6) is 5.75 Å². The zero-order valence-corrected chi connectivity index (χ0v) is 12.0. The van der Waals surface area contributed by atoms with E-state index in [0.717, 1.165) is 5.52 Å². The second-order valence-corrected chi connectivity index (χ2v) is 4.71. The molecule has 1 aromatic carbocycles. The number of aliphatic hydroxyl groups excluding tert-OH is 1. The van der Waals surface area contributed by atoms with E-state index in [9.17, 15) is 9.90 Å². The van der Waals surface area contributed by atoms with Gasteiger partial charge in [0.05, 0.1) is 7.11 Å². The Bertz CT molecular complexity index is 734. The number of nitrogens with zero attached hydrogens (tertiary/aromatic N) is 4. The number of benzene rings is 1. The molecule has 0 saturated carbocycles. The molecule has 0 amide bonds. The average molecular weight is 304 g/mol. The van der Waals surface area contributed by atoms with Crippen molar-refractivity contribution < 1.29 is 19.7 Å². The van der Waals surface area contributed by atoms with Crippen LogP contribution in [0, 0.1) is 0 Å². The lowest BCUT2D eigenvalue weighted by Crippen LogP contribution is -2.10. The fourth-order valence-corrected chi connectivity index (χ4v) is 2.32. The molecule has 1 unspecified atom stereocenters. The minimum Gasteiger partial charge on any atom is -0.497 e. The standard InChI is InChI=1S/C14H16N4O4/c1-22-9-3-4-12-10(7-9)11(13(19)14(20)21)8-18(12)6-2-5-16-17-15/h3-4,7-8,13,19H,2,5-6H2,1H3,(H,20,21). The van der Waals surface area contributed by atoms with Gasteiger partial charge >= 0.3 is 5.97 Å². The fourth-order valence-electron chi connectivity index (χ4n) is 2.32. The highest BCUT2D eigenvalue weighted by Gasteiger charge is 2.21. The van der Waals surface area contributed by atoms with Gasteiger partial charge in [0.2, 0.25) is 0 Å². The Morgan fingerprint density at radius 1 is 1.55 bits per heavy atom. The summed E-state index contributed by atoms with van der Waals surface area (Å²) in [5.41, 5.74) is 9.37. The van der Waals surface area contributed by atoms with Gasteiger partial charge in [0.1, 0.15) is 5.75 Å². The highest BCUT2D eigenvalue weighted by molar-refractivity contribution is 5.90. The van der Waals surface area contributed by atoms with E-state index in [-0.39, 0.29) is 0 Å². The second-order valence-electron chi connectivity index (χ2n) is 4.71. The largest absolute Gasteiger partial charge is 0.497 e. The second kappa shape index (κ2) is 6.84. The highest BCUT2D eigenvalue weighted by Crippen LogP contribution is 2.30. The van der Waals surface area contributed by atoms with E-state index in [2.05, 4.69) is 10.0 Å². The molecule has 1 aromatic heterocycles. The topological polar surface area (TPSA) is 120 Å². The Labute approximate surface area is 126 Å². The van der Waals surface area contributed by atoms with Gasteiger partial charge in [-0.2, -0.15) is 0 Å². The lowest BCUT2D eigenvalue weighted by atomic mass is 10.1. The number of aliphatic hydroxyl groups is 1. The zero-order chi connectivity index (χ0) is 16.1. The van der Waals surface area contributed by atoms with E-state index in [1.807, 2.05) is 4.57 Å². The summed E-state index contributed by atoms with van der Waals surface area (Å²) in [6.07, 6.45) is 0.620. The SMILES string of the molecule is COc1ccc2c(c1)c(C(O)C(=O)O)cn2CCCN=[N+]=[N-]. The number of azide groups is 1. The van der Waals surface area contributed by atoms with Crippen molar-refractivity contribution >= 4 is 16.9 Å². The summed E-state index contributed by atoms with van der Waals surface area (Å²) in [5.74, 6) is -0.728. The van der Waals surface area contributed by atoms with E-state index < -0.39 is 12.1 Å². The van der Waals surface area contributed by atoms with Gasteiger partial charge in [-0.1, -0.05) is 5.11 Å². The molecule has 0 aliphatic heterocycles. The number of carboxylic acid groups (broad SMARTS) is 1. The first-order valence-corrected chi connectivity index (χ1v) is 6.67. The molecule has 2 rings (SSSR count). The summed E-state index contributed by atoms with van der Waals surface area (Å²) in [4.78, 5) is 13.8. The molecule has 1 heterocycles. The van der Waals surface area contributed by atoms with Gasteiger partial charge in [0.25, 0.3) is 0 Å². The molecule has 22 heavy (non-hydrogen) atoms. The Kier molecular flexibility index (Phi) is 4.88. The Morgan fingerprint density at radius 3 is 2.95 bits per heavy atom. The number of carboxylic acids is 1. The minimum absolute atomic E-state index is 0.310. The maximum atomic E-state index is 11.1. The minimum atomic E-state index is -1.60. The molecular weight excluding hydrogens is 288 g/mol. The Morgan fingerprint density at radius 2 is 2.32 bits per heavy atom. The van der Waals surface area contributed by atoms with Gasteiger partial charge < -0.3 is 19.5 Å². The number of hydrogen-bond donors (Lipinski definition) is 2. The number of aryl methyl sites for hydroxylation is 1. The van der Waals surface area contributed by atoms with E-state index in [1.54, 1.807) is 24.4 Å². The summed E-state index contributed by atoms with van der Waals surface area (Å²) in [7, 11) is 1.52.